The van der Waals surface area contributed by atoms with Gasteiger partial charge in [-0.05, 0) is 31.7 Å². The van der Waals surface area contributed by atoms with E-state index in [-0.39, 0.29) is 0 Å². The fourth-order valence-corrected chi connectivity index (χ4v) is 3.12. The molecule has 2 nitrogen and oxygen atoms in total. The van der Waals surface area contributed by atoms with Crippen molar-refractivity contribution in [2.24, 2.45) is 5.92 Å². The minimum Gasteiger partial charge on any atom is -0.314 e. The van der Waals surface area contributed by atoms with Gasteiger partial charge < -0.3 is 5.32 Å². The van der Waals surface area contributed by atoms with Crippen molar-refractivity contribution in [1.29, 1.82) is 0 Å². The van der Waals surface area contributed by atoms with Crippen LogP contribution in [-0.4, -0.2) is 37.1 Å². The molecule has 1 heterocycles. The van der Waals surface area contributed by atoms with Crippen LogP contribution in [0.2, 0.25) is 0 Å². The van der Waals surface area contributed by atoms with E-state index >= 15 is 0 Å². The Labute approximate surface area is 101 Å². The minimum absolute atomic E-state index is 0.850. The van der Waals surface area contributed by atoms with Crippen LogP contribution >= 0.6 is 0 Å². The predicted octanol–water partition coefficient (Wildman–Crippen LogP) is 2.64. The number of rotatable bonds is 5. The van der Waals surface area contributed by atoms with E-state index in [2.05, 4.69) is 17.1 Å². The second-order valence-corrected chi connectivity index (χ2v) is 5.66. The average Bonchev–Trinajstić information content (AvgIpc) is 2.44. The standard InChI is InChI=1S/C14H28N2/c1-2-9-16(14-10-15-11-14)12-13-7-5-3-4-6-8-13/h13-15H,2-12H2,1H3. The van der Waals surface area contributed by atoms with Crippen LogP contribution in [0.1, 0.15) is 51.9 Å². The summed E-state index contributed by atoms with van der Waals surface area (Å²) in [6.07, 6.45) is 10.2. The first-order chi connectivity index (χ1) is 7.90. The number of hydrogen-bond acceptors (Lipinski definition) is 2. The molecule has 0 atom stereocenters. The van der Waals surface area contributed by atoms with Gasteiger partial charge in [-0.2, -0.15) is 0 Å². The molecular weight excluding hydrogens is 196 g/mol. The quantitative estimate of drug-likeness (QED) is 0.722. The first-order valence-electron chi connectivity index (χ1n) is 7.35. The van der Waals surface area contributed by atoms with Crippen molar-refractivity contribution < 1.29 is 0 Å². The molecule has 0 unspecified atom stereocenters. The van der Waals surface area contributed by atoms with E-state index in [1.54, 1.807) is 0 Å². The van der Waals surface area contributed by atoms with E-state index in [0.717, 1.165) is 12.0 Å². The molecule has 0 aromatic heterocycles. The molecule has 2 fully saturated rings. The van der Waals surface area contributed by atoms with E-state index < -0.39 is 0 Å². The highest BCUT2D eigenvalue weighted by Crippen LogP contribution is 2.24. The van der Waals surface area contributed by atoms with Gasteiger partial charge >= 0.3 is 0 Å². The van der Waals surface area contributed by atoms with Crippen LogP contribution in [-0.2, 0) is 0 Å². The van der Waals surface area contributed by atoms with E-state index in [9.17, 15) is 0 Å². The lowest BCUT2D eigenvalue weighted by atomic mass is 9.98. The van der Waals surface area contributed by atoms with Gasteiger partial charge in [-0.1, -0.05) is 32.6 Å². The molecule has 1 N–H and O–H groups in total. The summed E-state index contributed by atoms with van der Waals surface area (Å²) in [5.74, 6) is 0.995. The second-order valence-electron chi connectivity index (χ2n) is 5.66. The molecule has 1 aliphatic heterocycles. The van der Waals surface area contributed by atoms with E-state index in [1.165, 1.54) is 71.1 Å². The zero-order valence-electron chi connectivity index (χ0n) is 10.9. The van der Waals surface area contributed by atoms with Gasteiger partial charge in [0, 0.05) is 25.7 Å². The van der Waals surface area contributed by atoms with E-state index in [1.807, 2.05) is 0 Å². The molecule has 0 amide bonds. The van der Waals surface area contributed by atoms with Crippen molar-refractivity contribution in [1.82, 2.24) is 10.2 Å². The third-order valence-corrected chi connectivity index (χ3v) is 4.25. The van der Waals surface area contributed by atoms with Gasteiger partial charge in [0.05, 0.1) is 0 Å². The van der Waals surface area contributed by atoms with Gasteiger partial charge in [0.15, 0.2) is 0 Å². The highest BCUT2D eigenvalue weighted by Gasteiger charge is 2.26. The van der Waals surface area contributed by atoms with Gasteiger partial charge in [-0.25, -0.2) is 0 Å². The molecule has 1 saturated carbocycles. The van der Waals surface area contributed by atoms with Crippen molar-refractivity contribution in [2.45, 2.75) is 57.9 Å². The Morgan fingerprint density at radius 3 is 2.25 bits per heavy atom. The molecular formula is C14H28N2. The Morgan fingerprint density at radius 2 is 1.75 bits per heavy atom. The summed E-state index contributed by atoms with van der Waals surface area (Å²) in [5.41, 5.74) is 0. The predicted molar refractivity (Wildman–Crippen MR) is 69.7 cm³/mol. The van der Waals surface area contributed by atoms with E-state index in [4.69, 9.17) is 0 Å². The first kappa shape index (κ1) is 12.4. The summed E-state index contributed by atoms with van der Waals surface area (Å²) in [5, 5.41) is 3.41. The Hall–Kier alpha value is -0.0800. The van der Waals surface area contributed by atoms with Crippen molar-refractivity contribution in [3.8, 4) is 0 Å². The van der Waals surface area contributed by atoms with Crippen LogP contribution in [0.4, 0.5) is 0 Å². The fourth-order valence-electron chi connectivity index (χ4n) is 3.12. The molecule has 0 spiro atoms. The lowest BCUT2D eigenvalue weighted by Gasteiger charge is -2.40. The maximum Gasteiger partial charge on any atom is 0.0345 e. The fraction of sp³-hybridized carbons (Fsp3) is 1.00. The largest absolute Gasteiger partial charge is 0.314 e. The molecule has 0 aromatic carbocycles. The van der Waals surface area contributed by atoms with Crippen LogP contribution in [0.25, 0.3) is 0 Å². The summed E-state index contributed by atoms with van der Waals surface area (Å²) in [6, 6.07) is 0.850. The summed E-state index contributed by atoms with van der Waals surface area (Å²) >= 11 is 0. The molecule has 94 valence electrons. The lowest BCUT2D eigenvalue weighted by Crippen LogP contribution is -2.58. The Morgan fingerprint density at radius 1 is 1.06 bits per heavy atom. The highest BCUT2D eigenvalue weighted by molar-refractivity contribution is 4.85. The van der Waals surface area contributed by atoms with Crippen molar-refractivity contribution in [3.05, 3.63) is 0 Å². The molecule has 2 heteroatoms. The summed E-state index contributed by atoms with van der Waals surface area (Å²) < 4.78 is 0. The lowest BCUT2D eigenvalue weighted by molar-refractivity contribution is 0.119. The topological polar surface area (TPSA) is 15.3 Å². The molecule has 1 aliphatic carbocycles. The van der Waals surface area contributed by atoms with Crippen molar-refractivity contribution in [2.75, 3.05) is 26.2 Å². The van der Waals surface area contributed by atoms with Gasteiger partial charge in [0.25, 0.3) is 0 Å². The molecule has 2 rings (SSSR count). The maximum absolute atomic E-state index is 3.41. The minimum atomic E-state index is 0.850. The molecule has 0 bridgehead atoms. The maximum atomic E-state index is 3.41. The molecule has 2 aliphatic rings. The Kier molecular flexibility index (Phi) is 5.11. The van der Waals surface area contributed by atoms with E-state index in [0.29, 0.717) is 0 Å². The van der Waals surface area contributed by atoms with Gasteiger partial charge in [-0.3, -0.25) is 4.90 Å². The average molecular weight is 224 g/mol. The van der Waals surface area contributed by atoms with Gasteiger partial charge in [0.1, 0.15) is 0 Å². The number of nitrogens with zero attached hydrogens (tertiary/aromatic N) is 1. The van der Waals surface area contributed by atoms with Crippen LogP contribution in [0.3, 0.4) is 0 Å². The summed E-state index contributed by atoms with van der Waals surface area (Å²) in [7, 11) is 0. The summed E-state index contributed by atoms with van der Waals surface area (Å²) in [6.45, 7) is 7.45. The molecule has 0 radical (unpaired) electrons. The third-order valence-electron chi connectivity index (χ3n) is 4.25. The van der Waals surface area contributed by atoms with Crippen LogP contribution < -0.4 is 5.32 Å². The highest BCUT2D eigenvalue weighted by atomic mass is 15.2. The van der Waals surface area contributed by atoms with Crippen LogP contribution in [0.5, 0.6) is 0 Å². The monoisotopic (exact) mass is 224 g/mol. The number of nitrogens with one attached hydrogen (secondary N) is 1. The number of hydrogen-bond donors (Lipinski definition) is 1. The first-order valence-corrected chi connectivity index (χ1v) is 7.35. The van der Waals surface area contributed by atoms with Crippen LogP contribution in [0.15, 0.2) is 0 Å². The zero-order valence-corrected chi connectivity index (χ0v) is 10.9. The normalized spacial score (nSPS) is 24.4. The Bertz CT molecular complexity index is 181. The van der Waals surface area contributed by atoms with Gasteiger partial charge in [-0.15, -0.1) is 0 Å². The Balaban J connectivity index is 1.78. The molecule has 1 saturated heterocycles. The summed E-state index contributed by atoms with van der Waals surface area (Å²) in [4.78, 5) is 2.76. The van der Waals surface area contributed by atoms with Crippen molar-refractivity contribution >= 4 is 0 Å². The van der Waals surface area contributed by atoms with Crippen LogP contribution in [0, 0.1) is 5.92 Å². The zero-order chi connectivity index (χ0) is 11.2. The smallest absolute Gasteiger partial charge is 0.0345 e. The SMILES string of the molecule is CCCN(CC1CCCCCC1)C1CNC1. The molecule has 0 aromatic rings. The molecule has 16 heavy (non-hydrogen) atoms. The van der Waals surface area contributed by atoms with Crippen molar-refractivity contribution in [3.63, 3.8) is 0 Å². The second kappa shape index (κ2) is 6.61. The van der Waals surface area contributed by atoms with Gasteiger partial charge in [0.2, 0.25) is 0 Å². The third kappa shape index (κ3) is 3.46.